The Morgan fingerprint density at radius 3 is 2.15 bits per heavy atom. The lowest BCUT2D eigenvalue weighted by Crippen LogP contribution is -2.15. The minimum absolute atomic E-state index is 0.120. The lowest BCUT2D eigenvalue weighted by molar-refractivity contribution is -0.111. The average molecular weight is 457 g/mol. The van der Waals surface area contributed by atoms with Crippen molar-refractivity contribution in [2.75, 3.05) is 10.0 Å². The van der Waals surface area contributed by atoms with E-state index in [0.29, 0.717) is 11.4 Å². The molecule has 4 aromatic carbocycles. The smallest absolute Gasteiger partial charge is 0.261 e. The molecule has 0 aliphatic rings. The van der Waals surface area contributed by atoms with Gasteiger partial charge in [-0.25, -0.2) is 8.42 Å². The number of sulfonamides is 1. The van der Waals surface area contributed by atoms with Crippen LogP contribution < -0.4 is 10.0 Å². The summed E-state index contributed by atoms with van der Waals surface area (Å²) in [5.41, 5.74) is 3.73. The highest BCUT2D eigenvalue weighted by atomic mass is 32.2. The molecule has 0 aliphatic carbocycles. The number of para-hydroxylation sites is 1. The first kappa shape index (κ1) is 22.3. The number of fused-ring (bicyclic) bond motifs is 1. The van der Waals surface area contributed by atoms with Crippen LogP contribution in [0.2, 0.25) is 0 Å². The first-order chi connectivity index (χ1) is 15.8. The summed E-state index contributed by atoms with van der Waals surface area (Å²) in [4.78, 5) is 12.5. The summed E-state index contributed by atoms with van der Waals surface area (Å²) in [7, 11) is -3.75. The molecular formula is C27H24N2O3S. The highest BCUT2D eigenvalue weighted by molar-refractivity contribution is 7.92. The Morgan fingerprint density at radius 1 is 0.788 bits per heavy atom. The molecule has 0 aromatic heterocycles. The molecule has 0 atom stereocenters. The number of carbonyl (C=O) groups is 1. The molecule has 0 saturated heterocycles. The van der Waals surface area contributed by atoms with Gasteiger partial charge < -0.3 is 5.32 Å². The zero-order chi connectivity index (χ0) is 23.4. The average Bonchev–Trinajstić information content (AvgIpc) is 2.80. The predicted molar refractivity (Wildman–Crippen MR) is 135 cm³/mol. The summed E-state index contributed by atoms with van der Waals surface area (Å²) in [6, 6.07) is 25.6. The van der Waals surface area contributed by atoms with Gasteiger partial charge in [0.1, 0.15) is 0 Å². The topological polar surface area (TPSA) is 75.3 Å². The van der Waals surface area contributed by atoms with Gasteiger partial charge in [0.2, 0.25) is 5.91 Å². The zero-order valence-electron chi connectivity index (χ0n) is 18.4. The van der Waals surface area contributed by atoms with E-state index in [0.717, 1.165) is 27.5 Å². The van der Waals surface area contributed by atoms with Crippen molar-refractivity contribution >= 4 is 44.2 Å². The summed E-state index contributed by atoms with van der Waals surface area (Å²) in [6.45, 7) is 3.71. The summed E-state index contributed by atoms with van der Waals surface area (Å²) in [5.74, 6) is -0.299. The lowest BCUT2D eigenvalue weighted by Gasteiger charge is -2.13. The second-order valence-corrected chi connectivity index (χ2v) is 9.47. The Labute approximate surface area is 193 Å². The summed E-state index contributed by atoms with van der Waals surface area (Å²) in [6.07, 6.45) is 3.24. The molecule has 0 radical (unpaired) electrons. The minimum atomic E-state index is -3.75. The van der Waals surface area contributed by atoms with Gasteiger partial charge in [-0.2, -0.15) is 0 Å². The first-order valence-electron chi connectivity index (χ1n) is 10.5. The van der Waals surface area contributed by atoms with Crippen molar-refractivity contribution in [3.63, 3.8) is 0 Å². The molecule has 0 heterocycles. The normalized spacial score (nSPS) is 11.6. The number of anilines is 2. The molecule has 33 heavy (non-hydrogen) atoms. The summed E-state index contributed by atoms with van der Waals surface area (Å²) < 4.78 is 28.3. The van der Waals surface area contributed by atoms with E-state index in [1.54, 1.807) is 18.2 Å². The molecule has 0 saturated carbocycles. The minimum Gasteiger partial charge on any atom is -0.323 e. The van der Waals surface area contributed by atoms with Crippen molar-refractivity contribution in [3.05, 3.63) is 108 Å². The number of hydrogen-bond acceptors (Lipinski definition) is 3. The second kappa shape index (κ2) is 9.30. The second-order valence-electron chi connectivity index (χ2n) is 7.79. The third kappa shape index (κ3) is 5.13. The van der Waals surface area contributed by atoms with Crippen molar-refractivity contribution < 1.29 is 13.2 Å². The largest absolute Gasteiger partial charge is 0.323 e. The summed E-state index contributed by atoms with van der Waals surface area (Å²) >= 11 is 0. The number of nitrogens with one attached hydrogen (secondary N) is 2. The fourth-order valence-electron chi connectivity index (χ4n) is 3.63. The van der Waals surface area contributed by atoms with Gasteiger partial charge in [0.15, 0.2) is 0 Å². The van der Waals surface area contributed by atoms with E-state index in [4.69, 9.17) is 0 Å². The third-order valence-electron chi connectivity index (χ3n) is 5.39. The van der Waals surface area contributed by atoms with Crippen LogP contribution >= 0.6 is 0 Å². The Kier molecular flexibility index (Phi) is 6.29. The predicted octanol–water partition coefficient (Wildman–Crippen LogP) is 5.91. The highest BCUT2D eigenvalue weighted by Gasteiger charge is 2.16. The van der Waals surface area contributed by atoms with Crippen LogP contribution in [-0.4, -0.2) is 14.3 Å². The molecule has 2 N–H and O–H groups in total. The molecular weight excluding hydrogens is 432 g/mol. The number of rotatable bonds is 6. The zero-order valence-corrected chi connectivity index (χ0v) is 19.2. The van der Waals surface area contributed by atoms with Gasteiger partial charge in [0.25, 0.3) is 10.0 Å². The number of benzene rings is 4. The van der Waals surface area contributed by atoms with Crippen molar-refractivity contribution in [2.45, 2.75) is 18.7 Å². The molecule has 4 rings (SSSR count). The van der Waals surface area contributed by atoms with Crippen LogP contribution in [0.5, 0.6) is 0 Å². The lowest BCUT2D eigenvalue weighted by atomic mass is 10.0. The molecule has 166 valence electrons. The maximum absolute atomic E-state index is 12.8. The van der Waals surface area contributed by atoms with Gasteiger partial charge in [-0.3, -0.25) is 9.52 Å². The Bertz CT molecular complexity index is 1430. The van der Waals surface area contributed by atoms with E-state index >= 15 is 0 Å². The third-order valence-corrected chi connectivity index (χ3v) is 6.75. The quantitative estimate of drug-likeness (QED) is 0.354. The van der Waals surface area contributed by atoms with Crippen LogP contribution in [0.25, 0.3) is 16.8 Å². The Balaban J connectivity index is 1.46. The number of carbonyl (C=O) groups excluding carboxylic acids is 1. The molecule has 0 unspecified atom stereocenters. The Morgan fingerprint density at radius 2 is 1.42 bits per heavy atom. The van der Waals surface area contributed by atoms with E-state index < -0.39 is 10.0 Å². The molecule has 0 aliphatic heterocycles. The van der Waals surface area contributed by atoms with E-state index in [1.165, 1.54) is 18.2 Å². The van der Waals surface area contributed by atoms with Crippen molar-refractivity contribution in [2.24, 2.45) is 0 Å². The van der Waals surface area contributed by atoms with E-state index in [-0.39, 0.29) is 10.8 Å². The van der Waals surface area contributed by atoms with Crippen LogP contribution in [0.15, 0.2) is 95.9 Å². The number of amides is 1. The SMILES string of the molecule is Cc1cccc(C)c1NS(=O)(=O)c1ccc(NC(=O)C=Cc2cccc3ccccc23)cc1. The van der Waals surface area contributed by atoms with Crippen LogP contribution in [0.3, 0.4) is 0 Å². The van der Waals surface area contributed by atoms with Crippen LogP contribution in [0.1, 0.15) is 16.7 Å². The van der Waals surface area contributed by atoms with E-state index in [9.17, 15) is 13.2 Å². The molecule has 0 bridgehead atoms. The fourth-order valence-corrected chi connectivity index (χ4v) is 4.83. The van der Waals surface area contributed by atoms with Crippen LogP contribution in [0.4, 0.5) is 11.4 Å². The van der Waals surface area contributed by atoms with Gasteiger partial charge in [-0.1, -0.05) is 60.7 Å². The molecule has 0 fully saturated rings. The molecule has 1 amide bonds. The summed E-state index contributed by atoms with van der Waals surface area (Å²) in [5, 5.41) is 4.93. The van der Waals surface area contributed by atoms with Crippen molar-refractivity contribution in [3.8, 4) is 0 Å². The van der Waals surface area contributed by atoms with Gasteiger partial charge >= 0.3 is 0 Å². The van der Waals surface area contributed by atoms with Crippen molar-refractivity contribution in [1.82, 2.24) is 0 Å². The van der Waals surface area contributed by atoms with Gasteiger partial charge in [-0.15, -0.1) is 0 Å². The van der Waals surface area contributed by atoms with Gasteiger partial charge in [0.05, 0.1) is 10.6 Å². The van der Waals surface area contributed by atoms with Crippen LogP contribution in [-0.2, 0) is 14.8 Å². The van der Waals surface area contributed by atoms with Gasteiger partial charge in [0, 0.05) is 11.8 Å². The van der Waals surface area contributed by atoms with E-state index in [2.05, 4.69) is 10.0 Å². The van der Waals surface area contributed by atoms with Gasteiger partial charge in [-0.05, 0) is 71.7 Å². The monoisotopic (exact) mass is 456 g/mol. The van der Waals surface area contributed by atoms with Crippen LogP contribution in [0, 0.1) is 13.8 Å². The number of hydrogen-bond donors (Lipinski definition) is 2. The standard InChI is InChI=1S/C27H24N2O3S/c1-19-7-5-8-20(2)27(19)29-33(31,32)24-16-14-23(15-17-24)28-26(30)18-13-22-11-6-10-21-9-3-4-12-25(21)22/h3-18,29H,1-2H3,(H,28,30). The molecule has 4 aromatic rings. The van der Waals surface area contributed by atoms with E-state index in [1.807, 2.05) is 74.5 Å². The molecule has 5 nitrogen and oxygen atoms in total. The Hall–Kier alpha value is -3.90. The highest BCUT2D eigenvalue weighted by Crippen LogP contribution is 2.24. The maximum Gasteiger partial charge on any atom is 0.261 e. The molecule has 0 spiro atoms. The van der Waals surface area contributed by atoms with Crippen molar-refractivity contribution in [1.29, 1.82) is 0 Å². The first-order valence-corrected chi connectivity index (χ1v) is 12.0. The number of aryl methyl sites for hydroxylation is 2. The fraction of sp³-hybridized carbons (Fsp3) is 0.0741. The molecule has 6 heteroatoms. The maximum atomic E-state index is 12.8.